The predicted octanol–water partition coefficient (Wildman–Crippen LogP) is 1.99. The largest absolute Gasteiger partial charge is 0.310 e. The Morgan fingerprint density at radius 1 is 1.39 bits per heavy atom. The number of benzene rings is 1. The van der Waals surface area contributed by atoms with Crippen LogP contribution in [0.5, 0.6) is 0 Å². The summed E-state index contributed by atoms with van der Waals surface area (Å²) in [5, 5.41) is 11.6. The minimum absolute atomic E-state index is 0.107. The summed E-state index contributed by atoms with van der Waals surface area (Å²) in [5.74, 6) is 0.107. The molecule has 1 aromatic rings. The van der Waals surface area contributed by atoms with E-state index in [1.54, 1.807) is 7.05 Å². The summed E-state index contributed by atoms with van der Waals surface area (Å²) in [6.07, 6.45) is 2.26. The van der Waals surface area contributed by atoms with Crippen molar-refractivity contribution >= 4 is 11.6 Å². The van der Waals surface area contributed by atoms with Crippen LogP contribution >= 0.6 is 0 Å². The zero-order chi connectivity index (χ0) is 13.0. The summed E-state index contributed by atoms with van der Waals surface area (Å²) in [6, 6.07) is 9.78. The van der Waals surface area contributed by atoms with Crippen LogP contribution in [0.3, 0.4) is 0 Å². The number of carbonyl (C=O) groups is 1. The average Bonchev–Trinajstić information content (AvgIpc) is 2.67. The van der Waals surface area contributed by atoms with Gasteiger partial charge in [0.2, 0.25) is 5.91 Å². The van der Waals surface area contributed by atoms with Crippen LogP contribution in [-0.4, -0.2) is 19.5 Å². The van der Waals surface area contributed by atoms with Crippen molar-refractivity contribution < 1.29 is 4.79 Å². The van der Waals surface area contributed by atoms with E-state index < -0.39 is 0 Å². The third-order valence-electron chi connectivity index (χ3n) is 3.26. The molecule has 0 bridgehead atoms. The minimum atomic E-state index is -0.225. The number of para-hydroxylation sites is 1. The molecular formula is C14H17N3O. The molecule has 94 valence electrons. The van der Waals surface area contributed by atoms with Crippen molar-refractivity contribution in [3.05, 3.63) is 29.8 Å². The lowest BCUT2D eigenvalue weighted by Gasteiger charge is -2.17. The second-order valence-corrected chi connectivity index (χ2v) is 4.39. The first-order valence-corrected chi connectivity index (χ1v) is 6.24. The van der Waals surface area contributed by atoms with Gasteiger partial charge in [-0.1, -0.05) is 18.2 Å². The van der Waals surface area contributed by atoms with Gasteiger partial charge in [0, 0.05) is 24.2 Å². The maximum absolute atomic E-state index is 12.3. The molecule has 4 nitrogen and oxygen atoms in total. The van der Waals surface area contributed by atoms with E-state index >= 15 is 0 Å². The van der Waals surface area contributed by atoms with E-state index in [1.165, 1.54) is 0 Å². The van der Waals surface area contributed by atoms with E-state index in [9.17, 15) is 4.79 Å². The zero-order valence-corrected chi connectivity index (χ0v) is 10.5. The molecular weight excluding hydrogens is 226 g/mol. The monoisotopic (exact) mass is 243 g/mol. The average molecular weight is 243 g/mol. The Morgan fingerprint density at radius 3 is 2.89 bits per heavy atom. The minimum Gasteiger partial charge on any atom is -0.310 e. The van der Waals surface area contributed by atoms with Crippen molar-refractivity contribution in [2.75, 3.05) is 18.5 Å². The molecule has 4 heteroatoms. The Labute approximate surface area is 107 Å². The number of fused-ring (bicyclic) bond motifs is 1. The maximum atomic E-state index is 12.3. The van der Waals surface area contributed by atoms with Gasteiger partial charge in [0.1, 0.15) is 6.04 Å². The highest BCUT2D eigenvalue weighted by Gasteiger charge is 2.35. The molecule has 2 rings (SSSR count). The van der Waals surface area contributed by atoms with Crippen LogP contribution in [0.2, 0.25) is 0 Å². The van der Waals surface area contributed by atoms with Crippen LogP contribution in [0.1, 0.15) is 30.9 Å². The highest BCUT2D eigenvalue weighted by atomic mass is 16.2. The Hall–Kier alpha value is -1.86. The van der Waals surface area contributed by atoms with Crippen LogP contribution in [0.15, 0.2) is 24.3 Å². The molecule has 0 fully saturated rings. The molecule has 1 amide bonds. The smallest absolute Gasteiger partial charge is 0.248 e. The van der Waals surface area contributed by atoms with Crippen LogP contribution < -0.4 is 10.2 Å². The number of amides is 1. The molecule has 1 aromatic carbocycles. The van der Waals surface area contributed by atoms with Crippen LogP contribution in [0.25, 0.3) is 0 Å². The highest BCUT2D eigenvalue weighted by molar-refractivity contribution is 6.04. The lowest BCUT2D eigenvalue weighted by atomic mass is 10.1. The Bertz CT molecular complexity index is 478. The van der Waals surface area contributed by atoms with E-state index in [2.05, 4.69) is 11.4 Å². The van der Waals surface area contributed by atoms with Crippen molar-refractivity contribution in [1.29, 1.82) is 5.26 Å². The van der Waals surface area contributed by atoms with Gasteiger partial charge in [0.25, 0.3) is 0 Å². The second kappa shape index (κ2) is 5.65. The van der Waals surface area contributed by atoms with Gasteiger partial charge in [-0.2, -0.15) is 5.26 Å². The van der Waals surface area contributed by atoms with Gasteiger partial charge in [-0.25, -0.2) is 0 Å². The topological polar surface area (TPSA) is 56.1 Å². The number of hydrogen-bond acceptors (Lipinski definition) is 3. The molecule has 0 radical (unpaired) electrons. The van der Waals surface area contributed by atoms with E-state index in [0.29, 0.717) is 13.0 Å². The molecule has 0 saturated heterocycles. The van der Waals surface area contributed by atoms with E-state index in [-0.39, 0.29) is 11.9 Å². The number of carbonyl (C=O) groups excluding carboxylic acids is 1. The molecule has 0 aliphatic carbocycles. The van der Waals surface area contributed by atoms with Gasteiger partial charge in [-0.05, 0) is 26.0 Å². The van der Waals surface area contributed by atoms with Gasteiger partial charge in [-0.3, -0.25) is 4.79 Å². The SMILES string of the molecule is CNC1C(=O)N(CCCCC#N)c2ccccc21. The fraction of sp³-hybridized carbons (Fsp3) is 0.429. The van der Waals surface area contributed by atoms with Crippen molar-refractivity contribution in [2.45, 2.75) is 25.3 Å². The molecule has 1 N–H and O–H groups in total. The van der Waals surface area contributed by atoms with Gasteiger partial charge in [0.15, 0.2) is 0 Å². The number of nitrogens with one attached hydrogen (secondary N) is 1. The van der Waals surface area contributed by atoms with Crippen LogP contribution in [0, 0.1) is 11.3 Å². The second-order valence-electron chi connectivity index (χ2n) is 4.39. The molecule has 0 spiro atoms. The van der Waals surface area contributed by atoms with Crippen LogP contribution in [-0.2, 0) is 4.79 Å². The molecule has 0 saturated carbocycles. The Kier molecular flexibility index (Phi) is 3.96. The van der Waals surface area contributed by atoms with Crippen molar-refractivity contribution in [3.8, 4) is 6.07 Å². The normalized spacial score (nSPS) is 17.7. The summed E-state index contributed by atoms with van der Waals surface area (Å²) in [5.41, 5.74) is 2.05. The molecule has 1 aliphatic rings. The first-order chi connectivity index (χ1) is 8.79. The molecule has 1 unspecified atom stereocenters. The fourth-order valence-corrected chi connectivity index (χ4v) is 2.37. The maximum Gasteiger partial charge on any atom is 0.248 e. The molecule has 1 heterocycles. The first-order valence-electron chi connectivity index (χ1n) is 6.24. The Balaban J connectivity index is 2.12. The molecule has 0 aromatic heterocycles. The van der Waals surface area contributed by atoms with E-state index in [4.69, 9.17) is 5.26 Å². The third kappa shape index (κ3) is 2.22. The quantitative estimate of drug-likeness (QED) is 0.805. The summed E-state index contributed by atoms with van der Waals surface area (Å²) in [6.45, 7) is 0.690. The number of hydrogen-bond donors (Lipinski definition) is 1. The fourth-order valence-electron chi connectivity index (χ4n) is 2.37. The number of nitriles is 1. The lowest BCUT2D eigenvalue weighted by Crippen LogP contribution is -2.33. The summed E-state index contributed by atoms with van der Waals surface area (Å²) >= 11 is 0. The third-order valence-corrected chi connectivity index (χ3v) is 3.26. The predicted molar refractivity (Wildman–Crippen MR) is 70.1 cm³/mol. The van der Waals surface area contributed by atoms with E-state index in [1.807, 2.05) is 29.2 Å². The zero-order valence-electron chi connectivity index (χ0n) is 10.5. The van der Waals surface area contributed by atoms with Crippen molar-refractivity contribution in [1.82, 2.24) is 5.32 Å². The first kappa shape index (κ1) is 12.6. The number of unbranched alkanes of at least 4 members (excludes halogenated alkanes) is 2. The van der Waals surface area contributed by atoms with Gasteiger partial charge in [-0.15, -0.1) is 0 Å². The van der Waals surface area contributed by atoms with Crippen LogP contribution in [0.4, 0.5) is 5.69 Å². The highest BCUT2D eigenvalue weighted by Crippen LogP contribution is 2.35. The number of likely N-dealkylation sites (N-methyl/N-ethyl adjacent to an activating group) is 1. The van der Waals surface area contributed by atoms with Gasteiger partial charge in [0.05, 0.1) is 6.07 Å². The summed E-state index contributed by atoms with van der Waals surface area (Å²) < 4.78 is 0. The summed E-state index contributed by atoms with van der Waals surface area (Å²) in [7, 11) is 1.80. The molecule has 18 heavy (non-hydrogen) atoms. The summed E-state index contributed by atoms with van der Waals surface area (Å²) in [4.78, 5) is 14.1. The number of nitrogens with zero attached hydrogens (tertiary/aromatic N) is 2. The van der Waals surface area contributed by atoms with E-state index in [0.717, 1.165) is 24.1 Å². The molecule has 1 aliphatic heterocycles. The number of anilines is 1. The lowest BCUT2D eigenvalue weighted by molar-refractivity contribution is -0.119. The number of rotatable bonds is 5. The standard InChI is InChI=1S/C14H17N3O/c1-16-13-11-7-3-4-8-12(11)17(14(13)18)10-6-2-5-9-15/h3-4,7-8,13,16H,2,5-6,10H2,1H3. The Morgan fingerprint density at radius 2 is 2.17 bits per heavy atom. The molecule has 1 atom stereocenters. The van der Waals surface area contributed by atoms with Gasteiger partial charge >= 0.3 is 0 Å². The van der Waals surface area contributed by atoms with Gasteiger partial charge < -0.3 is 10.2 Å². The van der Waals surface area contributed by atoms with Crippen molar-refractivity contribution in [2.24, 2.45) is 0 Å². The van der Waals surface area contributed by atoms with Crippen molar-refractivity contribution in [3.63, 3.8) is 0 Å².